The molecule has 26 heavy (non-hydrogen) atoms. The van der Waals surface area contributed by atoms with Crippen LogP contribution in [0.1, 0.15) is 21.5 Å². The van der Waals surface area contributed by atoms with Crippen molar-refractivity contribution >= 4 is 23.4 Å². The molecule has 0 spiro atoms. The lowest BCUT2D eigenvalue weighted by Gasteiger charge is -2.18. The second-order valence-electron chi connectivity index (χ2n) is 5.63. The van der Waals surface area contributed by atoms with Crippen molar-refractivity contribution in [1.82, 2.24) is 10.2 Å². The van der Waals surface area contributed by atoms with Gasteiger partial charge in [0.25, 0.3) is 5.91 Å². The van der Waals surface area contributed by atoms with Crippen LogP contribution in [-0.2, 0) is 17.5 Å². The summed E-state index contributed by atoms with van der Waals surface area (Å²) in [5.74, 6) is -0.787. The van der Waals surface area contributed by atoms with Crippen LogP contribution in [0.2, 0.25) is 5.02 Å². The topological polar surface area (TPSA) is 49.4 Å². The molecular weight excluding hydrogens is 369 g/mol. The average molecular weight is 385 g/mol. The molecule has 0 radical (unpaired) electrons. The van der Waals surface area contributed by atoms with Gasteiger partial charge in [0.1, 0.15) is 0 Å². The molecule has 0 atom stereocenters. The maximum Gasteiger partial charge on any atom is 0.416 e. The number of carbonyl (C=O) groups excluding carboxylic acids is 2. The first-order valence-electron chi connectivity index (χ1n) is 7.60. The first-order chi connectivity index (χ1) is 12.2. The minimum absolute atomic E-state index is 0.133. The summed E-state index contributed by atoms with van der Waals surface area (Å²) in [5, 5.41) is 2.99. The zero-order valence-corrected chi connectivity index (χ0v) is 14.6. The predicted octanol–water partition coefficient (Wildman–Crippen LogP) is 3.75. The highest BCUT2D eigenvalue weighted by molar-refractivity contribution is 6.30. The van der Waals surface area contributed by atoms with Crippen LogP contribution >= 0.6 is 11.6 Å². The van der Waals surface area contributed by atoms with Crippen LogP contribution in [0.4, 0.5) is 13.2 Å². The van der Waals surface area contributed by atoms with Crippen molar-refractivity contribution in [1.29, 1.82) is 0 Å². The molecule has 0 aliphatic heterocycles. The molecule has 0 aliphatic carbocycles. The molecule has 0 saturated heterocycles. The van der Waals surface area contributed by atoms with Gasteiger partial charge in [0.15, 0.2) is 0 Å². The fourth-order valence-electron chi connectivity index (χ4n) is 2.16. The number of benzene rings is 2. The molecule has 2 aromatic rings. The number of nitrogens with one attached hydrogen (secondary N) is 1. The number of alkyl halides is 3. The first kappa shape index (κ1) is 19.8. The van der Waals surface area contributed by atoms with E-state index in [4.69, 9.17) is 11.6 Å². The smallest absolute Gasteiger partial charge is 0.343 e. The summed E-state index contributed by atoms with van der Waals surface area (Å²) in [6, 6.07) is 10.8. The van der Waals surface area contributed by atoms with Gasteiger partial charge in [-0.05, 0) is 42.0 Å². The van der Waals surface area contributed by atoms with Crippen molar-refractivity contribution in [2.75, 3.05) is 13.6 Å². The van der Waals surface area contributed by atoms with Crippen molar-refractivity contribution in [3.63, 3.8) is 0 Å². The van der Waals surface area contributed by atoms with Gasteiger partial charge in [-0.2, -0.15) is 13.2 Å². The Kier molecular flexibility index (Phi) is 6.26. The van der Waals surface area contributed by atoms with Crippen LogP contribution in [0.5, 0.6) is 0 Å². The maximum absolute atomic E-state index is 12.5. The van der Waals surface area contributed by atoms with Gasteiger partial charge in [-0.25, -0.2) is 0 Å². The van der Waals surface area contributed by atoms with Crippen molar-refractivity contribution in [3.05, 3.63) is 70.2 Å². The third-order valence-electron chi connectivity index (χ3n) is 3.63. The monoisotopic (exact) mass is 384 g/mol. The number of halogens is 4. The SMILES string of the molecule is CN(Cc1ccc(C(F)(F)F)cc1)C(=O)CNC(=O)c1ccc(Cl)cc1. The Morgan fingerprint density at radius 3 is 2.15 bits per heavy atom. The van der Waals surface area contributed by atoms with Crippen LogP contribution in [-0.4, -0.2) is 30.3 Å². The molecule has 4 nitrogen and oxygen atoms in total. The highest BCUT2D eigenvalue weighted by Gasteiger charge is 2.29. The molecule has 8 heteroatoms. The van der Waals surface area contributed by atoms with Gasteiger partial charge in [0, 0.05) is 24.2 Å². The van der Waals surface area contributed by atoms with E-state index >= 15 is 0 Å². The molecule has 2 amide bonds. The molecule has 2 aromatic carbocycles. The molecule has 0 bridgehead atoms. The third-order valence-corrected chi connectivity index (χ3v) is 3.89. The number of carbonyl (C=O) groups is 2. The molecule has 138 valence electrons. The number of amides is 2. The Labute approximate surface area is 153 Å². The summed E-state index contributed by atoms with van der Waals surface area (Å²) < 4.78 is 37.6. The number of hydrogen-bond donors (Lipinski definition) is 1. The zero-order chi connectivity index (χ0) is 19.3. The van der Waals surface area contributed by atoms with Crippen LogP contribution in [0.25, 0.3) is 0 Å². The number of hydrogen-bond acceptors (Lipinski definition) is 2. The van der Waals surface area contributed by atoms with Crippen LogP contribution in [0, 0.1) is 0 Å². The van der Waals surface area contributed by atoms with Gasteiger partial charge in [0.2, 0.25) is 5.91 Å². The molecule has 2 rings (SSSR count). The van der Waals surface area contributed by atoms with E-state index < -0.39 is 17.6 Å². The number of rotatable bonds is 5. The van der Waals surface area contributed by atoms with E-state index in [0.29, 0.717) is 16.1 Å². The molecule has 1 N–H and O–H groups in total. The lowest BCUT2D eigenvalue weighted by molar-refractivity contribution is -0.137. The lowest BCUT2D eigenvalue weighted by Crippen LogP contribution is -2.37. The Bertz CT molecular complexity index is 775. The quantitative estimate of drug-likeness (QED) is 0.853. The van der Waals surface area contributed by atoms with E-state index in [2.05, 4.69) is 5.32 Å². The Balaban J connectivity index is 1.87. The highest BCUT2D eigenvalue weighted by Crippen LogP contribution is 2.29. The third kappa shape index (κ3) is 5.49. The minimum Gasteiger partial charge on any atom is -0.343 e. The van der Waals surface area contributed by atoms with Crippen molar-refractivity contribution < 1.29 is 22.8 Å². The second-order valence-corrected chi connectivity index (χ2v) is 6.07. The summed E-state index contributed by atoms with van der Waals surface area (Å²) in [6.07, 6.45) is -4.40. The standard InChI is InChI=1S/C18H16ClF3N2O2/c1-24(11-12-2-6-14(7-3-12)18(20,21)22)16(25)10-23-17(26)13-4-8-15(19)9-5-13/h2-9H,10-11H2,1H3,(H,23,26). The Hall–Kier alpha value is -2.54. The molecule has 0 fully saturated rings. The van der Waals surface area contributed by atoms with E-state index in [1.54, 1.807) is 12.1 Å². The van der Waals surface area contributed by atoms with E-state index in [1.807, 2.05) is 0 Å². The fraction of sp³-hybridized carbons (Fsp3) is 0.222. The van der Waals surface area contributed by atoms with Crippen molar-refractivity contribution in [2.45, 2.75) is 12.7 Å². The van der Waals surface area contributed by atoms with Gasteiger partial charge >= 0.3 is 6.18 Å². The molecule has 0 aliphatic rings. The van der Waals surface area contributed by atoms with Gasteiger partial charge in [-0.3, -0.25) is 9.59 Å². The minimum atomic E-state index is -4.40. The Morgan fingerprint density at radius 1 is 1.04 bits per heavy atom. The molecule has 0 saturated carbocycles. The van der Waals surface area contributed by atoms with Crippen molar-refractivity contribution in [3.8, 4) is 0 Å². The van der Waals surface area contributed by atoms with Crippen LogP contribution in [0.15, 0.2) is 48.5 Å². The van der Waals surface area contributed by atoms with Gasteiger partial charge in [-0.1, -0.05) is 23.7 Å². The lowest BCUT2D eigenvalue weighted by atomic mass is 10.1. The summed E-state index contributed by atoms with van der Waals surface area (Å²) in [6.45, 7) is -0.0909. The van der Waals surface area contributed by atoms with E-state index in [-0.39, 0.29) is 19.0 Å². The molecular formula is C18H16ClF3N2O2. The second kappa shape index (κ2) is 8.23. The van der Waals surface area contributed by atoms with E-state index in [9.17, 15) is 22.8 Å². The van der Waals surface area contributed by atoms with Crippen LogP contribution < -0.4 is 5.32 Å². The highest BCUT2D eigenvalue weighted by atomic mass is 35.5. The summed E-state index contributed by atoms with van der Waals surface area (Å²) in [5.41, 5.74) is 0.177. The number of nitrogens with zero attached hydrogens (tertiary/aromatic N) is 1. The normalized spacial score (nSPS) is 11.1. The average Bonchev–Trinajstić information content (AvgIpc) is 2.59. The molecule has 0 aromatic heterocycles. The van der Waals surface area contributed by atoms with Crippen LogP contribution in [0.3, 0.4) is 0 Å². The van der Waals surface area contributed by atoms with E-state index in [0.717, 1.165) is 12.1 Å². The zero-order valence-electron chi connectivity index (χ0n) is 13.8. The summed E-state index contributed by atoms with van der Waals surface area (Å²) in [7, 11) is 1.51. The van der Waals surface area contributed by atoms with Gasteiger partial charge in [-0.15, -0.1) is 0 Å². The molecule has 0 unspecified atom stereocenters. The Morgan fingerprint density at radius 2 is 1.62 bits per heavy atom. The molecule has 0 heterocycles. The predicted molar refractivity (Wildman–Crippen MR) is 91.7 cm³/mol. The maximum atomic E-state index is 12.5. The van der Waals surface area contributed by atoms with E-state index in [1.165, 1.54) is 36.2 Å². The number of likely N-dealkylation sites (N-methyl/N-ethyl adjacent to an activating group) is 1. The van der Waals surface area contributed by atoms with Gasteiger partial charge in [0.05, 0.1) is 12.1 Å². The van der Waals surface area contributed by atoms with Crippen molar-refractivity contribution in [2.24, 2.45) is 0 Å². The fourth-order valence-corrected chi connectivity index (χ4v) is 2.28. The first-order valence-corrected chi connectivity index (χ1v) is 7.98. The van der Waals surface area contributed by atoms with Gasteiger partial charge < -0.3 is 10.2 Å². The summed E-state index contributed by atoms with van der Waals surface area (Å²) in [4.78, 5) is 25.3. The largest absolute Gasteiger partial charge is 0.416 e. The summed E-state index contributed by atoms with van der Waals surface area (Å²) >= 11 is 5.74.